The number of nitrogens with zero attached hydrogens (tertiary/aromatic N) is 1. The molecule has 1 rings (SSSR count). The molecule has 0 spiro atoms. The van der Waals surface area contributed by atoms with Gasteiger partial charge in [-0.2, -0.15) is 0 Å². The Bertz CT molecular complexity index is 284. The highest BCUT2D eigenvalue weighted by Crippen LogP contribution is 2.12. The molecule has 0 aromatic carbocycles. The van der Waals surface area contributed by atoms with Crippen LogP contribution in [0.25, 0.3) is 0 Å². The Kier molecular flexibility index (Phi) is 8.28. The number of nitrogens with one attached hydrogen (secondary N) is 1. The fraction of sp³-hybridized carbons (Fsp3) is 0.786. The van der Waals surface area contributed by atoms with E-state index in [1.807, 2.05) is 17.5 Å². The van der Waals surface area contributed by atoms with Crippen LogP contribution in [0.5, 0.6) is 0 Å². The van der Waals surface area contributed by atoms with Crippen LogP contribution in [-0.2, 0) is 13.0 Å². The van der Waals surface area contributed by atoms with E-state index in [0.717, 1.165) is 19.5 Å². The van der Waals surface area contributed by atoms with Gasteiger partial charge in [-0.1, -0.05) is 46.0 Å². The molecule has 1 aromatic heterocycles. The summed E-state index contributed by atoms with van der Waals surface area (Å²) in [6, 6.07) is 0. The Labute approximate surface area is 110 Å². The van der Waals surface area contributed by atoms with Crippen LogP contribution in [0.1, 0.15) is 62.3 Å². The van der Waals surface area contributed by atoms with Crippen LogP contribution < -0.4 is 5.32 Å². The van der Waals surface area contributed by atoms with Gasteiger partial charge in [0.2, 0.25) is 0 Å². The van der Waals surface area contributed by atoms with Gasteiger partial charge in [0.05, 0.1) is 5.01 Å². The largest absolute Gasteiger partial charge is 0.312 e. The molecular weight excluding hydrogens is 228 g/mol. The molecule has 0 radical (unpaired) electrons. The topological polar surface area (TPSA) is 24.9 Å². The molecule has 98 valence electrons. The zero-order valence-corrected chi connectivity index (χ0v) is 12.1. The molecular formula is C14H26N2S. The van der Waals surface area contributed by atoms with Crippen molar-refractivity contribution < 1.29 is 0 Å². The quantitative estimate of drug-likeness (QED) is 0.634. The molecule has 1 aromatic rings. The minimum atomic E-state index is 0.993. The monoisotopic (exact) mass is 254 g/mol. The molecule has 0 atom stereocenters. The van der Waals surface area contributed by atoms with E-state index in [0.29, 0.717) is 0 Å². The lowest BCUT2D eigenvalue weighted by atomic mass is 10.1. The first-order chi connectivity index (χ1) is 8.36. The van der Waals surface area contributed by atoms with Crippen LogP contribution in [0.4, 0.5) is 0 Å². The molecule has 0 aliphatic rings. The first-order valence-electron chi connectivity index (χ1n) is 7.01. The summed E-state index contributed by atoms with van der Waals surface area (Å²) >= 11 is 1.83. The molecule has 0 aliphatic heterocycles. The van der Waals surface area contributed by atoms with Crippen molar-refractivity contribution in [2.45, 2.75) is 65.3 Å². The van der Waals surface area contributed by atoms with Crippen molar-refractivity contribution in [3.63, 3.8) is 0 Å². The molecule has 3 heteroatoms. The maximum absolute atomic E-state index is 4.36. The molecule has 0 amide bonds. The number of unbranched alkanes of at least 4 members (excludes halogenated alkanes) is 5. The maximum atomic E-state index is 4.36. The molecule has 1 heterocycles. The number of hydrogen-bond donors (Lipinski definition) is 1. The first kappa shape index (κ1) is 14.7. The Hall–Kier alpha value is -0.410. The van der Waals surface area contributed by atoms with E-state index >= 15 is 0 Å². The van der Waals surface area contributed by atoms with Crippen molar-refractivity contribution >= 4 is 11.3 Å². The van der Waals surface area contributed by atoms with Crippen molar-refractivity contribution in [1.29, 1.82) is 0 Å². The summed E-state index contributed by atoms with van der Waals surface area (Å²) in [5, 5.41) is 4.75. The minimum Gasteiger partial charge on any atom is -0.312 e. The van der Waals surface area contributed by atoms with Crippen molar-refractivity contribution in [2.75, 3.05) is 6.54 Å². The number of hydrogen-bond acceptors (Lipinski definition) is 3. The number of aryl methyl sites for hydroxylation is 1. The van der Waals surface area contributed by atoms with Crippen LogP contribution in [0, 0.1) is 0 Å². The molecule has 0 aliphatic carbocycles. The Morgan fingerprint density at radius 1 is 1.12 bits per heavy atom. The van der Waals surface area contributed by atoms with E-state index in [1.165, 1.54) is 48.4 Å². The zero-order chi connectivity index (χ0) is 12.3. The van der Waals surface area contributed by atoms with Gasteiger partial charge in [0.1, 0.15) is 0 Å². The average Bonchev–Trinajstić information content (AvgIpc) is 2.80. The molecule has 17 heavy (non-hydrogen) atoms. The summed E-state index contributed by atoms with van der Waals surface area (Å²) in [5.41, 5.74) is 0. The van der Waals surface area contributed by atoms with Crippen molar-refractivity contribution in [3.05, 3.63) is 16.1 Å². The molecule has 0 unspecified atom stereocenters. The lowest BCUT2D eigenvalue weighted by molar-refractivity contribution is 0.573. The van der Waals surface area contributed by atoms with E-state index < -0.39 is 0 Å². The Morgan fingerprint density at radius 2 is 1.88 bits per heavy atom. The SMILES string of the molecule is CCCCCCCCNCc1cnc(CC)s1. The third kappa shape index (κ3) is 6.79. The van der Waals surface area contributed by atoms with Gasteiger partial charge in [-0.25, -0.2) is 4.98 Å². The lowest BCUT2D eigenvalue weighted by Gasteiger charge is -2.02. The highest BCUT2D eigenvalue weighted by Gasteiger charge is 1.99. The number of rotatable bonds is 10. The molecule has 1 N–H and O–H groups in total. The standard InChI is InChI=1S/C14H26N2S/c1-3-5-6-7-8-9-10-15-11-13-12-16-14(4-2)17-13/h12,15H,3-11H2,1-2H3. The van der Waals surface area contributed by atoms with Crippen LogP contribution >= 0.6 is 11.3 Å². The van der Waals surface area contributed by atoms with Crippen LogP contribution in [-0.4, -0.2) is 11.5 Å². The first-order valence-corrected chi connectivity index (χ1v) is 7.82. The molecule has 0 fully saturated rings. The predicted molar refractivity (Wildman–Crippen MR) is 76.6 cm³/mol. The third-order valence-electron chi connectivity index (χ3n) is 2.91. The van der Waals surface area contributed by atoms with Crippen molar-refractivity contribution in [2.24, 2.45) is 0 Å². The Morgan fingerprint density at radius 3 is 2.59 bits per heavy atom. The fourth-order valence-corrected chi connectivity index (χ4v) is 2.67. The van der Waals surface area contributed by atoms with E-state index in [4.69, 9.17) is 0 Å². The lowest BCUT2D eigenvalue weighted by Crippen LogP contribution is -2.13. The van der Waals surface area contributed by atoms with E-state index in [9.17, 15) is 0 Å². The molecule has 0 saturated carbocycles. The number of aromatic nitrogens is 1. The zero-order valence-electron chi connectivity index (χ0n) is 11.3. The second kappa shape index (κ2) is 9.60. The fourth-order valence-electron chi connectivity index (χ4n) is 1.84. The van der Waals surface area contributed by atoms with Crippen LogP contribution in [0.2, 0.25) is 0 Å². The minimum absolute atomic E-state index is 0.993. The summed E-state index contributed by atoms with van der Waals surface area (Å²) in [6.07, 6.45) is 11.3. The van der Waals surface area contributed by atoms with Gasteiger partial charge in [0.25, 0.3) is 0 Å². The van der Waals surface area contributed by atoms with Crippen molar-refractivity contribution in [3.8, 4) is 0 Å². The van der Waals surface area contributed by atoms with Gasteiger partial charge >= 0.3 is 0 Å². The van der Waals surface area contributed by atoms with Gasteiger partial charge in [-0.15, -0.1) is 11.3 Å². The summed E-state index contributed by atoms with van der Waals surface area (Å²) < 4.78 is 0. The smallest absolute Gasteiger partial charge is 0.0925 e. The number of thiazole rings is 1. The van der Waals surface area contributed by atoms with Gasteiger partial charge in [-0.3, -0.25) is 0 Å². The van der Waals surface area contributed by atoms with Crippen LogP contribution in [0.15, 0.2) is 6.20 Å². The highest BCUT2D eigenvalue weighted by atomic mass is 32.1. The van der Waals surface area contributed by atoms with Gasteiger partial charge in [0, 0.05) is 17.6 Å². The molecule has 0 saturated heterocycles. The van der Waals surface area contributed by atoms with Gasteiger partial charge < -0.3 is 5.32 Å². The summed E-state index contributed by atoms with van der Waals surface area (Å²) in [6.45, 7) is 6.56. The second-order valence-electron chi connectivity index (χ2n) is 4.52. The predicted octanol–water partition coefficient (Wildman–Crippen LogP) is 4.16. The highest BCUT2D eigenvalue weighted by molar-refractivity contribution is 7.11. The second-order valence-corrected chi connectivity index (χ2v) is 5.72. The van der Waals surface area contributed by atoms with Gasteiger partial charge in [-0.05, 0) is 19.4 Å². The van der Waals surface area contributed by atoms with E-state index in [-0.39, 0.29) is 0 Å². The Balaban J connectivity index is 1.93. The van der Waals surface area contributed by atoms with Gasteiger partial charge in [0.15, 0.2) is 0 Å². The molecule has 0 bridgehead atoms. The summed E-state index contributed by atoms with van der Waals surface area (Å²) in [4.78, 5) is 5.73. The summed E-state index contributed by atoms with van der Waals surface area (Å²) in [5.74, 6) is 0. The van der Waals surface area contributed by atoms with Crippen LogP contribution in [0.3, 0.4) is 0 Å². The third-order valence-corrected chi connectivity index (χ3v) is 4.05. The molecule has 2 nitrogen and oxygen atoms in total. The normalized spacial score (nSPS) is 10.9. The van der Waals surface area contributed by atoms with E-state index in [2.05, 4.69) is 24.1 Å². The average molecular weight is 254 g/mol. The van der Waals surface area contributed by atoms with E-state index in [1.54, 1.807) is 0 Å². The maximum Gasteiger partial charge on any atom is 0.0925 e. The summed E-state index contributed by atoms with van der Waals surface area (Å²) in [7, 11) is 0. The van der Waals surface area contributed by atoms with Crippen molar-refractivity contribution in [1.82, 2.24) is 10.3 Å².